The maximum atomic E-state index is 12.7. The highest BCUT2D eigenvalue weighted by Crippen LogP contribution is 2.37. The number of amides is 1. The molecule has 0 saturated heterocycles. The van der Waals surface area contributed by atoms with E-state index in [1.165, 1.54) is 25.6 Å². The predicted octanol–water partition coefficient (Wildman–Crippen LogP) is 0.801. The molecule has 1 amide bonds. The van der Waals surface area contributed by atoms with E-state index in [2.05, 4.69) is 14.4 Å². The van der Waals surface area contributed by atoms with Crippen molar-refractivity contribution < 1.29 is 23.2 Å². The third kappa shape index (κ3) is 2.38. The molecule has 10 heteroatoms. The molecule has 0 fully saturated rings. The molecule has 2 aliphatic rings. The van der Waals surface area contributed by atoms with Crippen LogP contribution in [0.25, 0.3) is 11.1 Å². The van der Waals surface area contributed by atoms with Gasteiger partial charge in [0.2, 0.25) is 0 Å². The van der Waals surface area contributed by atoms with Gasteiger partial charge in [0.05, 0.1) is 24.9 Å². The summed E-state index contributed by atoms with van der Waals surface area (Å²) in [6, 6.07) is 5.00. The number of carbonyl (C=O) groups excluding carboxylic acids is 1. The largest absolute Gasteiger partial charge is 0.467 e. The molecule has 0 aliphatic carbocycles. The third-order valence-corrected chi connectivity index (χ3v) is 5.43. The average molecular weight is 372 g/mol. The Bertz CT molecular complexity index is 1090. The van der Waals surface area contributed by atoms with Gasteiger partial charge in [0.15, 0.2) is 0 Å². The Kier molecular flexibility index (Phi) is 3.60. The van der Waals surface area contributed by atoms with E-state index >= 15 is 0 Å². The van der Waals surface area contributed by atoms with Crippen molar-refractivity contribution >= 4 is 21.6 Å². The Morgan fingerprint density at radius 2 is 1.88 bits per heavy atom. The number of sulfonamides is 1. The smallest absolute Gasteiger partial charge is 0.316 e. The number of carbonyl (C=O) groups is 1. The summed E-state index contributed by atoms with van der Waals surface area (Å²) in [5, 5.41) is 9.99. The third-order valence-electron chi connectivity index (χ3n) is 4.05. The monoisotopic (exact) mass is 372 g/mol. The van der Waals surface area contributed by atoms with Crippen molar-refractivity contribution in [1.82, 2.24) is 15.0 Å². The highest BCUT2D eigenvalue weighted by Gasteiger charge is 2.37. The number of nitrogens with zero attached hydrogens (tertiary/aromatic N) is 4. The van der Waals surface area contributed by atoms with E-state index in [1.807, 2.05) is 0 Å². The number of fused-ring (bicyclic) bond motifs is 1. The fraction of sp³-hybridized carbons (Fsp3) is 0.125. The lowest BCUT2D eigenvalue weighted by Crippen LogP contribution is -2.24. The first-order valence-corrected chi connectivity index (χ1v) is 8.92. The van der Waals surface area contributed by atoms with E-state index in [0.717, 1.165) is 0 Å². The molecule has 132 valence electrons. The van der Waals surface area contributed by atoms with Gasteiger partial charge in [0.1, 0.15) is 4.90 Å². The zero-order valence-corrected chi connectivity index (χ0v) is 14.3. The van der Waals surface area contributed by atoms with Gasteiger partial charge >= 0.3 is 6.01 Å². The van der Waals surface area contributed by atoms with Crippen LogP contribution in [0, 0.1) is 0 Å². The van der Waals surface area contributed by atoms with E-state index < -0.39 is 15.9 Å². The molecular weight excluding hydrogens is 360 g/mol. The molecule has 3 heterocycles. The van der Waals surface area contributed by atoms with Crippen molar-refractivity contribution in [2.24, 2.45) is 4.40 Å². The summed E-state index contributed by atoms with van der Waals surface area (Å²) in [5.74, 6) is -0.690. The number of hydrogen-bond acceptors (Lipinski definition) is 7. The molecule has 0 atom stereocenters. The average Bonchev–Trinajstić information content (AvgIpc) is 3.12. The molecule has 0 bridgehead atoms. The van der Waals surface area contributed by atoms with Gasteiger partial charge < -0.3 is 4.74 Å². The lowest BCUT2D eigenvalue weighted by molar-refractivity contribution is -0.154. The first-order valence-electron chi connectivity index (χ1n) is 7.48. The van der Waals surface area contributed by atoms with Crippen LogP contribution in [0.1, 0.15) is 5.56 Å². The number of methoxy groups -OCH3 is 1. The predicted molar refractivity (Wildman–Crippen MR) is 89.3 cm³/mol. The normalized spacial score (nSPS) is 17.8. The molecule has 1 N–H and O–H groups in total. The standard InChI is InChI=1S/C16H12N4O5S/c1-25-16-17-7-9(8-18-16)10-3-2-4-11-13(19-26(23,24)14(10)11)12-5-6-20(22)15(12)21/h2-5,7-8,22H,6H2,1H3. The Labute approximate surface area is 148 Å². The quantitative estimate of drug-likeness (QED) is 0.791. The summed E-state index contributed by atoms with van der Waals surface area (Å²) < 4.78 is 34.0. The van der Waals surface area contributed by atoms with E-state index in [4.69, 9.17) is 4.74 Å². The van der Waals surface area contributed by atoms with Crippen LogP contribution in [0.3, 0.4) is 0 Å². The van der Waals surface area contributed by atoms with Crippen LogP contribution in [-0.2, 0) is 14.8 Å². The van der Waals surface area contributed by atoms with Crippen LogP contribution in [0.15, 0.2) is 51.5 Å². The zero-order valence-electron chi connectivity index (χ0n) is 13.4. The van der Waals surface area contributed by atoms with Crippen molar-refractivity contribution in [3.63, 3.8) is 0 Å². The molecule has 0 saturated carbocycles. The van der Waals surface area contributed by atoms with Gasteiger partial charge in [-0.3, -0.25) is 10.0 Å². The zero-order chi connectivity index (χ0) is 18.5. The van der Waals surface area contributed by atoms with E-state index in [1.54, 1.807) is 18.2 Å². The summed E-state index contributed by atoms with van der Waals surface area (Å²) >= 11 is 0. The summed E-state index contributed by atoms with van der Waals surface area (Å²) in [5.41, 5.74) is 1.22. The molecular formula is C16H12N4O5S. The van der Waals surface area contributed by atoms with E-state index in [9.17, 15) is 18.4 Å². The fourth-order valence-electron chi connectivity index (χ4n) is 2.88. The van der Waals surface area contributed by atoms with Gasteiger partial charge in [-0.25, -0.2) is 15.0 Å². The van der Waals surface area contributed by atoms with Gasteiger partial charge in [-0.15, -0.1) is 0 Å². The minimum Gasteiger partial charge on any atom is -0.467 e. The first kappa shape index (κ1) is 16.4. The number of hydroxylamine groups is 2. The van der Waals surface area contributed by atoms with Crippen molar-refractivity contribution in [3.8, 4) is 17.1 Å². The number of aromatic nitrogens is 2. The second-order valence-electron chi connectivity index (χ2n) is 5.56. The second-order valence-corrected chi connectivity index (χ2v) is 7.10. The molecule has 4 rings (SSSR count). The van der Waals surface area contributed by atoms with Crippen LogP contribution in [0.4, 0.5) is 0 Å². The highest BCUT2D eigenvalue weighted by molar-refractivity contribution is 7.91. The molecule has 9 nitrogen and oxygen atoms in total. The lowest BCUT2D eigenvalue weighted by atomic mass is 9.98. The molecule has 1 aromatic carbocycles. The number of rotatable bonds is 3. The van der Waals surface area contributed by atoms with Gasteiger partial charge in [-0.1, -0.05) is 18.2 Å². The number of benzene rings is 1. The molecule has 1 aromatic heterocycles. The first-order chi connectivity index (χ1) is 12.4. The van der Waals surface area contributed by atoms with Gasteiger partial charge in [0.25, 0.3) is 15.9 Å². The number of ether oxygens (including phenoxy) is 1. The van der Waals surface area contributed by atoms with E-state index in [-0.39, 0.29) is 28.7 Å². The fourth-order valence-corrected chi connectivity index (χ4v) is 4.32. The van der Waals surface area contributed by atoms with Gasteiger partial charge in [0, 0.05) is 29.1 Å². The van der Waals surface area contributed by atoms with Crippen molar-refractivity contribution in [1.29, 1.82) is 0 Å². The van der Waals surface area contributed by atoms with Crippen LogP contribution in [0.2, 0.25) is 0 Å². The Balaban J connectivity index is 1.88. The Morgan fingerprint density at radius 3 is 2.50 bits per heavy atom. The minimum atomic E-state index is -4.02. The molecule has 2 aliphatic heterocycles. The minimum absolute atomic E-state index is 0.0193. The van der Waals surface area contributed by atoms with Crippen LogP contribution in [-0.4, -0.2) is 53.9 Å². The second kappa shape index (κ2) is 5.71. The summed E-state index contributed by atoms with van der Waals surface area (Å²) in [7, 11) is -2.59. The molecule has 0 unspecified atom stereocenters. The maximum absolute atomic E-state index is 12.7. The SMILES string of the molecule is COc1ncc(-c2cccc3c2S(=O)(=O)N=C3C2=CCN(O)C2=O)cn1. The lowest BCUT2D eigenvalue weighted by Gasteiger charge is -2.09. The van der Waals surface area contributed by atoms with Crippen molar-refractivity contribution in [2.45, 2.75) is 4.90 Å². The van der Waals surface area contributed by atoms with Crippen molar-refractivity contribution in [2.75, 3.05) is 13.7 Å². The van der Waals surface area contributed by atoms with Gasteiger partial charge in [-0.05, 0) is 6.08 Å². The Morgan fingerprint density at radius 1 is 1.19 bits per heavy atom. The van der Waals surface area contributed by atoms with Gasteiger partial charge in [-0.2, -0.15) is 12.8 Å². The highest BCUT2D eigenvalue weighted by atomic mass is 32.2. The van der Waals surface area contributed by atoms with Crippen LogP contribution >= 0.6 is 0 Å². The summed E-state index contributed by atoms with van der Waals surface area (Å²) in [4.78, 5) is 20.0. The topological polar surface area (TPSA) is 122 Å². The summed E-state index contributed by atoms with van der Waals surface area (Å²) in [6.45, 7) is -0.0193. The molecule has 2 aromatic rings. The van der Waals surface area contributed by atoms with Crippen molar-refractivity contribution in [3.05, 3.63) is 47.8 Å². The molecule has 0 spiro atoms. The number of hydrogen-bond donors (Lipinski definition) is 1. The molecule has 26 heavy (non-hydrogen) atoms. The Hall–Kier alpha value is -3.11. The summed E-state index contributed by atoms with van der Waals surface area (Å²) in [6.07, 6.45) is 4.34. The maximum Gasteiger partial charge on any atom is 0.316 e. The molecule has 0 radical (unpaired) electrons. The van der Waals surface area contributed by atoms with Crippen LogP contribution in [0.5, 0.6) is 6.01 Å². The van der Waals surface area contributed by atoms with Crippen LogP contribution < -0.4 is 4.74 Å². The van der Waals surface area contributed by atoms with E-state index in [0.29, 0.717) is 21.8 Å².